The van der Waals surface area contributed by atoms with Gasteiger partial charge in [0.25, 0.3) is 0 Å². The van der Waals surface area contributed by atoms with Crippen LogP contribution in [0.3, 0.4) is 0 Å². The summed E-state index contributed by atoms with van der Waals surface area (Å²) in [6, 6.07) is 0. The average Bonchev–Trinajstić information content (AvgIpc) is 1.86. The molecule has 3 N–H and O–H groups in total. The largest absolute Gasteiger partial charge is 0.481 e. The van der Waals surface area contributed by atoms with Gasteiger partial charge in [0.2, 0.25) is 5.91 Å². The predicted molar refractivity (Wildman–Crippen MR) is 43.4 cm³/mol. The number of nitrogens with two attached hydrogens (primary N) is 1. The summed E-state index contributed by atoms with van der Waals surface area (Å²) in [6.07, 6.45) is 0.275. The molecular weight excluding hydrogens is 166 g/mol. The van der Waals surface area contributed by atoms with E-state index in [1.54, 1.807) is 0 Å². The molecule has 0 saturated heterocycles. The number of carbonyl (C=O) groups excluding carboxylic acids is 1. The fourth-order valence-corrected chi connectivity index (χ4v) is 1.02. The van der Waals surface area contributed by atoms with E-state index in [-0.39, 0.29) is 6.42 Å². The Morgan fingerprint density at radius 2 is 2.09 bits per heavy atom. The number of thiol groups is 1. The van der Waals surface area contributed by atoms with Crippen LogP contribution < -0.4 is 5.73 Å². The first-order chi connectivity index (χ1) is 5.07. The number of amides is 1. The Morgan fingerprint density at radius 1 is 1.55 bits per heavy atom. The SMILES string of the molecule is NC(=O)CC(CCS)C(=O)O. The first-order valence-corrected chi connectivity index (χ1v) is 3.83. The fourth-order valence-electron chi connectivity index (χ4n) is 0.712. The summed E-state index contributed by atoms with van der Waals surface area (Å²) >= 11 is 3.86. The third kappa shape index (κ3) is 4.66. The molecule has 0 bridgehead atoms. The van der Waals surface area contributed by atoms with Gasteiger partial charge in [-0.25, -0.2) is 0 Å². The highest BCUT2D eigenvalue weighted by atomic mass is 32.1. The Labute approximate surface area is 70.2 Å². The lowest BCUT2D eigenvalue weighted by Crippen LogP contribution is -2.22. The molecule has 0 heterocycles. The van der Waals surface area contributed by atoms with E-state index in [0.29, 0.717) is 12.2 Å². The molecule has 0 saturated carbocycles. The van der Waals surface area contributed by atoms with Gasteiger partial charge < -0.3 is 10.8 Å². The Morgan fingerprint density at radius 3 is 2.36 bits per heavy atom. The molecule has 4 nitrogen and oxygen atoms in total. The molecule has 0 aliphatic carbocycles. The highest BCUT2D eigenvalue weighted by molar-refractivity contribution is 7.80. The van der Waals surface area contributed by atoms with Crippen LogP contribution in [0.4, 0.5) is 0 Å². The lowest BCUT2D eigenvalue weighted by molar-refractivity contribution is -0.143. The molecule has 1 unspecified atom stereocenters. The fraction of sp³-hybridized carbons (Fsp3) is 0.667. The number of primary amides is 1. The minimum Gasteiger partial charge on any atom is -0.481 e. The smallest absolute Gasteiger partial charge is 0.307 e. The first kappa shape index (κ1) is 10.3. The Kier molecular flexibility index (Phi) is 4.69. The summed E-state index contributed by atoms with van der Waals surface area (Å²) in [7, 11) is 0. The van der Waals surface area contributed by atoms with Crippen LogP contribution in [0.5, 0.6) is 0 Å². The molecule has 0 aromatic carbocycles. The third-order valence-corrected chi connectivity index (χ3v) is 1.53. The van der Waals surface area contributed by atoms with Gasteiger partial charge in [0.1, 0.15) is 0 Å². The summed E-state index contributed by atoms with van der Waals surface area (Å²) in [6.45, 7) is 0. The van der Waals surface area contributed by atoms with Gasteiger partial charge in [-0.05, 0) is 12.2 Å². The molecule has 1 amide bonds. The van der Waals surface area contributed by atoms with Gasteiger partial charge in [0, 0.05) is 6.42 Å². The van der Waals surface area contributed by atoms with Crippen LogP contribution in [0, 0.1) is 5.92 Å². The van der Waals surface area contributed by atoms with Gasteiger partial charge in [0.05, 0.1) is 5.92 Å². The summed E-state index contributed by atoms with van der Waals surface area (Å²) in [5, 5.41) is 8.51. The predicted octanol–water partition coefficient (Wildman–Crippen LogP) is -0.118. The molecular formula is C6H11NO3S. The lowest BCUT2D eigenvalue weighted by Gasteiger charge is -2.06. The standard InChI is InChI=1S/C6H11NO3S/c7-5(8)3-4(1-2-11)6(9)10/h4,11H,1-3H2,(H2,7,8)(H,9,10). The number of rotatable bonds is 5. The molecule has 1 atom stereocenters. The van der Waals surface area contributed by atoms with Crippen molar-refractivity contribution in [1.82, 2.24) is 0 Å². The van der Waals surface area contributed by atoms with E-state index < -0.39 is 17.8 Å². The van der Waals surface area contributed by atoms with Gasteiger partial charge in [-0.15, -0.1) is 0 Å². The highest BCUT2D eigenvalue weighted by Gasteiger charge is 2.18. The van der Waals surface area contributed by atoms with E-state index >= 15 is 0 Å². The topological polar surface area (TPSA) is 80.4 Å². The number of carboxylic acids is 1. The normalized spacial score (nSPS) is 12.5. The molecule has 64 valence electrons. The molecule has 0 radical (unpaired) electrons. The van der Waals surface area contributed by atoms with Crippen LogP contribution in [0.15, 0.2) is 0 Å². The zero-order valence-corrected chi connectivity index (χ0v) is 6.88. The van der Waals surface area contributed by atoms with E-state index in [4.69, 9.17) is 10.8 Å². The zero-order chi connectivity index (χ0) is 8.85. The monoisotopic (exact) mass is 177 g/mol. The number of hydrogen-bond donors (Lipinski definition) is 3. The number of carboxylic acid groups (broad SMARTS) is 1. The van der Waals surface area contributed by atoms with E-state index in [1.807, 2.05) is 0 Å². The molecule has 0 fully saturated rings. The summed E-state index contributed by atoms with van der Waals surface area (Å²) in [5.74, 6) is -1.80. The third-order valence-electron chi connectivity index (χ3n) is 1.27. The number of hydrogen-bond acceptors (Lipinski definition) is 3. The molecule has 0 spiro atoms. The minimum atomic E-state index is -0.988. The molecule has 0 aromatic heterocycles. The minimum absolute atomic E-state index is 0.101. The van der Waals surface area contributed by atoms with Crippen molar-refractivity contribution in [3.8, 4) is 0 Å². The zero-order valence-electron chi connectivity index (χ0n) is 5.99. The molecule has 0 aliphatic heterocycles. The average molecular weight is 177 g/mol. The van der Waals surface area contributed by atoms with Crippen molar-refractivity contribution in [2.24, 2.45) is 11.7 Å². The van der Waals surface area contributed by atoms with Crippen LogP contribution >= 0.6 is 12.6 Å². The van der Waals surface area contributed by atoms with Crippen LogP contribution in [0.25, 0.3) is 0 Å². The Bertz CT molecular complexity index is 160. The van der Waals surface area contributed by atoms with E-state index in [0.717, 1.165) is 0 Å². The van der Waals surface area contributed by atoms with Crippen LogP contribution in [0.1, 0.15) is 12.8 Å². The van der Waals surface area contributed by atoms with E-state index in [1.165, 1.54) is 0 Å². The maximum atomic E-state index is 10.4. The van der Waals surface area contributed by atoms with Gasteiger partial charge in [-0.2, -0.15) is 12.6 Å². The second kappa shape index (κ2) is 5.01. The molecule has 0 aromatic rings. The van der Waals surface area contributed by atoms with Gasteiger partial charge in [-0.1, -0.05) is 0 Å². The number of aliphatic carboxylic acids is 1. The molecule has 5 heteroatoms. The molecule has 0 aliphatic rings. The van der Waals surface area contributed by atoms with Crippen molar-refractivity contribution in [2.45, 2.75) is 12.8 Å². The Hall–Kier alpha value is -0.710. The summed E-state index contributed by atoms with van der Waals surface area (Å²) < 4.78 is 0. The van der Waals surface area contributed by atoms with E-state index in [9.17, 15) is 9.59 Å². The maximum absolute atomic E-state index is 10.4. The second-order valence-electron chi connectivity index (χ2n) is 2.22. The van der Waals surface area contributed by atoms with Crippen molar-refractivity contribution in [1.29, 1.82) is 0 Å². The van der Waals surface area contributed by atoms with Crippen molar-refractivity contribution < 1.29 is 14.7 Å². The van der Waals surface area contributed by atoms with Gasteiger partial charge >= 0.3 is 5.97 Å². The van der Waals surface area contributed by atoms with Crippen molar-refractivity contribution >= 4 is 24.5 Å². The van der Waals surface area contributed by atoms with Crippen molar-refractivity contribution in [3.05, 3.63) is 0 Å². The van der Waals surface area contributed by atoms with Gasteiger partial charge in [0.15, 0.2) is 0 Å². The van der Waals surface area contributed by atoms with Crippen molar-refractivity contribution in [2.75, 3.05) is 5.75 Å². The van der Waals surface area contributed by atoms with E-state index in [2.05, 4.69) is 12.6 Å². The Balaban J connectivity index is 3.89. The van der Waals surface area contributed by atoms with Crippen LogP contribution in [-0.4, -0.2) is 22.7 Å². The lowest BCUT2D eigenvalue weighted by atomic mass is 10.0. The summed E-state index contributed by atoms with van der Waals surface area (Å²) in [5.41, 5.74) is 4.83. The first-order valence-electron chi connectivity index (χ1n) is 3.20. The highest BCUT2D eigenvalue weighted by Crippen LogP contribution is 2.08. The quantitative estimate of drug-likeness (QED) is 0.512. The van der Waals surface area contributed by atoms with Gasteiger partial charge in [-0.3, -0.25) is 9.59 Å². The molecule has 0 rings (SSSR count). The van der Waals surface area contributed by atoms with Crippen LogP contribution in [0.2, 0.25) is 0 Å². The van der Waals surface area contributed by atoms with Crippen molar-refractivity contribution in [3.63, 3.8) is 0 Å². The molecule has 11 heavy (non-hydrogen) atoms. The second-order valence-corrected chi connectivity index (χ2v) is 2.67. The summed E-state index contributed by atoms with van der Waals surface area (Å²) in [4.78, 5) is 20.7. The maximum Gasteiger partial charge on any atom is 0.307 e. The number of carbonyl (C=O) groups is 2. The van der Waals surface area contributed by atoms with Crippen LogP contribution in [-0.2, 0) is 9.59 Å².